The predicted molar refractivity (Wildman–Crippen MR) is 69.0 cm³/mol. The van der Waals surface area contributed by atoms with Gasteiger partial charge < -0.3 is 5.32 Å². The zero-order valence-electron chi connectivity index (χ0n) is 10.0. The fraction of sp³-hybridized carbons (Fsp3) is 0.308. The highest BCUT2D eigenvalue weighted by Crippen LogP contribution is 1.98. The van der Waals surface area contributed by atoms with Crippen molar-refractivity contribution in [1.29, 1.82) is 0 Å². The number of hydrogen-bond donors (Lipinski definition) is 1. The van der Waals surface area contributed by atoms with Crippen LogP contribution in [0.1, 0.15) is 20.8 Å². The average molecular weight is 204 g/mol. The van der Waals surface area contributed by atoms with Crippen LogP contribution in [0.15, 0.2) is 53.2 Å². The second-order valence-electron chi connectivity index (χ2n) is 3.16. The van der Waals surface area contributed by atoms with Gasteiger partial charge in [-0.05, 0) is 32.4 Å². The maximum atomic E-state index is 4.18. The van der Waals surface area contributed by atoms with Gasteiger partial charge in [0, 0.05) is 12.7 Å². The molecule has 0 amide bonds. The first kappa shape index (κ1) is 13.4. The van der Waals surface area contributed by atoms with Crippen molar-refractivity contribution in [2.24, 2.45) is 4.99 Å². The second kappa shape index (κ2) is 7.80. The molecular weight excluding hydrogens is 184 g/mol. The normalized spacial score (nSPS) is 14.5. The van der Waals surface area contributed by atoms with Crippen LogP contribution in [0.25, 0.3) is 0 Å². The minimum Gasteiger partial charge on any atom is -0.344 e. The van der Waals surface area contributed by atoms with Crippen molar-refractivity contribution in [2.45, 2.75) is 20.8 Å². The largest absolute Gasteiger partial charge is 0.344 e. The lowest BCUT2D eigenvalue weighted by Gasteiger charge is -2.09. The molecule has 0 bridgehead atoms. The van der Waals surface area contributed by atoms with Crippen molar-refractivity contribution in [3.05, 3.63) is 48.2 Å². The number of nitrogens with zero attached hydrogens (tertiary/aromatic N) is 1. The lowest BCUT2D eigenvalue weighted by Crippen LogP contribution is -2.22. The molecule has 0 fully saturated rings. The van der Waals surface area contributed by atoms with Crippen molar-refractivity contribution >= 4 is 5.84 Å². The third-order valence-corrected chi connectivity index (χ3v) is 1.82. The molecule has 82 valence electrons. The van der Waals surface area contributed by atoms with Crippen LogP contribution in [0.2, 0.25) is 0 Å². The molecule has 0 atom stereocenters. The Balaban J connectivity index is 4.62. The SMILES string of the molecule is C=C/C=C(C)\C(=N/C)N/C(C)=C/C=C\C. The van der Waals surface area contributed by atoms with Gasteiger partial charge in [0.05, 0.1) is 0 Å². The van der Waals surface area contributed by atoms with E-state index in [1.54, 1.807) is 13.1 Å². The van der Waals surface area contributed by atoms with Gasteiger partial charge >= 0.3 is 0 Å². The van der Waals surface area contributed by atoms with Crippen molar-refractivity contribution in [3.63, 3.8) is 0 Å². The van der Waals surface area contributed by atoms with E-state index in [4.69, 9.17) is 0 Å². The zero-order chi connectivity index (χ0) is 11.7. The van der Waals surface area contributed by atoms with Gasteiger partial charge in [-0.25, -0.2) is 0 Å². The molecule has 0 saturated carbocycles. The highest BCUT2D eigenvalue weighted by molar-refractivity contribution is 5.98. The highest BCUT2D eigenvalue weighted by atomic mass is 15.0. The van der Waals surface area contributed by atoms with E-state index >= 15 is 0 Å². The van der Waals surface area contributed by atoms with Gasteiger partial charge in [0.2, 0.25) is 0 Å². The topological polar surface area (TPSA) is 24.4 Å². The van der Waals surface area contributed by atoms with Crippen molar-refractivity contribution in [1.82, 2.24) is 5.32 Å². The lowest BCUT2D eigenvalue weighted by atomic mass is 10.2. The van der Waals surface area contributed by atoms with E-state index in [0.717, 1.165) is 17.1 Å². The zero-order valence-corrected chi connectivity index (χ0v) is 10.0. The Morgan fingerprint density at radius 1 is 1.27 bits per heavy atom. The van der Waals surface area contributed by atoms with E-state index in [0.29, 0.717) is 0 Å². The maximum Gasteiger partial charge on any atom is 0.127 e. The summed E-state index contributed by atoms with van der Waals surface area (Å²) in [5, 5.41) is 3.23. The number of aliphatic imine (C=N–C) groups is 1. The van der Waals surface area contributed by atoms with Gasteiger partial charge in [0.1, 0.15) is 5.84 Å². The van der Waals surface area contributed by atoms with Crippen LogP contribution in [0.4, 0.5) is 0 Å². The molecule has 0 heterocycles. The fourth-order valence-electron chi connectivity index (χ4n) is 1.06. The van der Waals surface area contributed by atoms with E-state index in [1.165, 1.54) is 0 Å². The Morgan fingerprint density at radius 3 is 2.40 bits per heavy atom. The van der Waals surface area contributed by atoms with E-state index in [9.17, 15) is 0 Å². The minimum absolute atomic E-state index is 0.869. The standard InChI is InChI=1S/C13H20N2/c1-6-8-10-12(4)15-13(14-5)11(3)9-7-2/h6-10H,2H2,1,3-5H3,(H,14,15)/b8-6-,11-9-,12-10+. The molecule has 0 aliphatic carbocycles. The Labute approximate surface area is 92.8 Å². The number of rotatable bonds is 4. The molecule has 0 aromatic rings. The van der Waals surface area contributed by atoms with Gasteiger partial charge in [0.25, 0.3) is 0 Å². The van der Waals surface area contributed by atoms with Crippen LogP contribution in [-0.2, 0) is 0 Å². The molecule has 0 saturated heterocycles. The summed E-state index contributed by atoms with van der Waals surface area (Å²) in [7, 11) is 1.77. The van der Waals surface area contributed by atoms with Crippen molar-refractivity contribution in [2.75, 3.05) is 7.05 Å². The van der Waals surface area contributed by atoms with E-state index in [-0.39, 0.29) is 0 Å². The van der Waals surface area contributed by atoms with Crippen molar-refractivity contribution in [3.8, 4) is 0 Å². The summed E-state index contributed by atoms with van der Waals surface area (Å²) in [5.41, 5.74) is 2.13. The van der Waals surface area contributed by atoms with E-state index in [2.05, 4.69) is 16.9 Å². The highest BCUT2D eigenvalue weighted by Gasteiger charge is 1.99. The van der Waals surface area contributed by atoms with Gasteiger partial charge in [-0.3, -0.25) is 4.99 Å². The molecule has 2 heteroatoms. The Bertz CT molecular complexity index is 317. The summed E-state index contributed by atoms with van der Waals surface area (Å²) in [6.45, 7) is 9.65. The predicted octanol–water partition coefficient (Wildman–Crippen LogP) is 3.22. The van der Waals surface area contributed by atoms with Crippen LogP contribution in [0, 0.1) is 0 Å². The molecule has 0 aromatic carbocycles. The fourth-order valence-corrected chi connectivity index (χ4v) is 1.06. The Hall–Kier alpha value is -1.57. The summed E-state index contributed by atoms with van der Waals surface area (Å²) in [4.78, 5) is 4.18. The third kappa shape index (κ3) is 5.68. The first-order chi connectivity index (χ1) is 7.15. The number of allylic oxidation sites excluding steroid dienone is 6. The maximum absolute atomic E-state index is 4.18. The molecule has 15 heavy (non-hydrogen) atoms. The first-order valence-corrected chi connectivity index (χ1v) is 4.98. The Morgan fingerprint density at radius 2 is 1.93 bits per heavy atom. The van der Waals surface area contributed by atoms with Gasteiger partial charge in [-0.1, -0.05) is 30.9 Å². The van der Waals surface area contributed by atoms with Crippen LogP contribution in [0.3, 0.4) is 0 Å². The van der Waals surface area contributed by atoms with Crippen LogP contribution in [-0.4, -0.2) is 12.9 Å². The number of nitrogens with one attached hydrogen (secondary N) is 1. The smallest absolute Gasteiger partial charge is 0.127 e. The summed E-state index contributed by atoms with van der Waals surface area (Å²) in [6, 6.07) is 0. The van der Waals surface area contributed by atoms with Gasteiger partial charge in [0.15, 0.2) is 0 Å². The first-order valence-electron chi connectivity index (χ1n) is 4.98. The molecule has 0 aromatic heterocycles. The molecule has 0 spiro atoms. The third-order valence-electron chi connectivity index (χ3n) is 1.82. The Kier molecular flexibility index (Phi) is 6.98. The van der Waals surface area contributed by atoms with Crippen LogP contribution >= 0.6 is 0 Å². The summed E-state index contributed by atoms with van der Waals surface area (Å²) < 4.78 is 0. The number of amidine groups is 1. The molecule has 2 nitrogen and oxygen atoms in total. The van der Waals surface area contributed by atoms with Gasteiger partial charge in [-0.15, -0.1) is 0 Å². The molecule has 0 aliphatic rings. The summed E-state index contributed by atoms with van der Waals surface area (Å²) in [6.07, 6.45) is 9.67. The molecule has 0 rings (SSSR count). The molecule has 0 aliphatic heterocycles. The molecule has 1 N–H and O–H groups in total. The number of hydrogen-bond acceptors (Lipinski definition) is 1. The summed E-state index contributed by atoms with van der Waals surface area (Å²) in [5.74, 6) is 0.869. The minimum atomic E-state index is 0.869. The van der Waals surface area contributed by atoms with Gasteiger partial charge in [-0.2, -0.15) is 0 Å². The molecule has 0 unspecified atom stereocenters. The van der Waals surface area contributed by atoms with Crippen molar-refractivity contribution < 1.29 is 0 Å². The average Bonchev–Trinajstić information content (AvgIpc) is 2.23. The van der Waals surface area contributed by atoms with E-state index in [1.807, 2.05) is 45.1 Å². The molecular formula is C13H20N2. The van der Waals surface area contributed by atoms with Crippen LogP contribution in [0.5, 0.6) is 0 Å². The molecule has 0 radical (unpaired) electrons. The quantitative estimate of drug-likeness (QED) is 0.424. The van der Waals surface area contributed by atoms with E-state index < -0.39 is 0 Å². The second-order valence-corrected chi connectivity index (χ2v) is 3.16. The lowest BCUT2D eigenvalue weighted by molar-refractivity contribution is 1.09. The monoisotopic (exact) mass is 204 g/mol. The van der Waals surface area contributed by atoms with Crippen LogP contribution < -0.4 is 5.32 Å². The summed E-state index contributed by atoms with van der Waals surface area (Å²) >= 11 is 0.